The van der Waals surface area contributed by atoms with E-state index in [1.165, 1.54) is 12.8 Å². The first kappa shape index (κ1) is 23.8. The molecule has 0 bridgehead atoms. The second-order valence-electron chi connectivity index (χ2n) is 9.16. The molecule has 2 fully saturated rings. The van der Waals surface area contributed by atoms with Crippen LogP contribution in [0.3, 0.4) is 0 Å². The zero-order chi connectivity index (χ0) is 22.9. The number of hydrogen-bond acceptors (Lipinski definition) is 8. The molecule has 2 aromatic heterocycles. The maximum Gasteiger partial charge on any atom is 0.349 e. The molecule has 1 atom stereocenters. The van der Waals surface area contributed by atoms with Gasteiger partial charge in [0.25, 0.3) is 0 Å². The number of nitrogens with two attached hydrogens (primary N) is 1. The maximum atomic E-state index is 12.4. The van der Waals surface area contributed by atoms with E-state index in [0.717, 1.165) is 64.0 Å². The van der Waals surface area contributed by atoms with Gasteiger partial charge in [-0.3, -0.25) is 4.57 Å². The van der Waals surface area contributed by atoms with E-state index >= 15 is 0 Å². The van der Waals surface area contributed by atoms with Crippen LogP contribution in [0.1, 0.15) is 44.1 Å². The minimum Gasteiger partial charge on any atom is -0.375 e. The van der Waals surface area contributed by atoms with Gasteiger partial charge < -0.3 is 26.0 Å². The number of piperidine rings is 1. The van der Waals surface area contributed by atoms with Gasteiger partial charge in [0.1, 0.15) is 11.6 Å². The first-order valence-corrected chi connectivity index (χ1v) is 12.2. The van der Waals surface area contributed by atoms with Gasteiger partial charge in [0, 0.05) is 31.0 Å². The average molecular weight is 456 g/mol. The van der Waals surface area contributed by atoms with E-state index in [2.05, 4.69) is 25.5 Å². The summed E-state index contributed by atoms with van der Waals surface area (Å²) >= 11 is 0. The lowest BCUT2D eigenvalue weighted by molar-refractivity contribution is 0.103. The van der Waals surface area contributed by atoms with Gasteiger partial charge in [0.15, 0.2) is 0 Å². The largest absolute Gasteiger partial charge is 0.375 e. The molecular formula is C24H37N7O2. The summed E-state index contributed by atoms with van der Waals surface area (Å²) in [7, 11) is 0. The van der Waals surface area contributed by atoms with Crippen LogP contribution in [0.25, 0.3) is 0 Å². The Labute approximate surface area is 195 Å². The molecule has 2 saturated heterocycles. The topological polar surface area (TPSA) is 110 Å². The van der Waals surface area contributed by atoms with E-state index in [-0.39, 0.29) is 5.69 Å². The number of nitrogens with one attached hydrogen (secondary N) is 2. The molecule has 0 amide bonds. The predicted molar refractivity (Wildman–Crippen MR) is 130 cm³/mol. The van der Waals surface area contributed by atoms with Crippen LogP contribution in [-0.2, 0) is 17.9 Å². The monoisotopic (exact) mass is 455 g/mol. The lowest BCUT2D eigenvalue weighted by atomic mass is 10.1. The van der Waals surface area contributed by atoms with E-state index in [9.17, 15) is 4.79 Å². The summed E-state index contributed by atoms with van der Waals surface area (Å²) in [6, 6.07) is 6.52. The fourth-order valence-corrected chi connectivity index (χ4v) is 4.40. The van der Waals surface area contributed by atoms with Gasteiger partial charge in [0.05, 0.1) is 13.2 Å². The average Bonchev–Trinajstić information content (AvgIpc) is 3.34. The van der Waals surface area contributed by atoms with Gasteiger partial charge in [0.2, 0.25) is 0 Å². The van der Waals surface area contributed by atoms with Gasteiger partial charge in [-0.15, -0.1) is 0 Å². The van der Waals surface area contributed by atoms with Crippen molar-refractivity contribution in [2.24, 2.45) is 5.73 Å². The third-order valence-electron chi connectivity index (χ3n) is 6.46. The summed E-state index contributed by atoms with van der Waals surface area (Å²) in [6.45, 7) is 6.29. The van der Waals surface area contributed by atoms with Gasteiger partial charge in [-0.25, -0.2) is 9.78 Å². The molecule has 180 valence electrons. The summed E-state index contributed by atoms with van der Waals surface area (Å²) in [4.78, 5) is 23.4. The van der Waals surface area contributed by atoms with Crippen LogP contribution >= 0.6 is 0 Å². The predicted octanol–water partition coefficient (Wildman–Crippen LogP) is 1.85. The van der Waals surface area contributed by atoms with Gasteiger partial charge >= 0.3 is 5.69 Å². The highest BCUT2D eigenvalue weighted by Crippen LogP contribution is 2.13. The van der Waals surface area contributed by atoms with Crippen LogP contribution in [-0.4, -0.2) is 64.3 Å². The van der Waals surface area contributed by atoms with Crippen molar-refractivity contribution in [1.82, 2.24) is 24.8 Å². The summed E-state index contributed by atoms with van der Waals surface area (Å²) in [5, 5.41) is 6.54. The van der Waals surface area contributed by atoms with E-state index in [4.69, 9.17) is 10.5 Å². The number of ether oxygens (including phenoxy) is 1. The Hall–Kier alpha value is -2.33. The summed E-state index contributed by atoms with van der Waals surface area (Å²) in [6.07, 6.45) is 10.2. The number of aromatic nitrogens is 3. The Morgan fingerprint density at radius 3 is 2.70 bits per heavy atom. The molecule has 2 aromatic rings. The number of anilines is 2. The van der Waals surface area contributed by atoms with Gasteiger partial charge in [-0.2, -0.15) is 4.98 Å². The Kier molecular flexibility index (Phi) is 8.82. The zero-order valence-electron chi connectivity index (χ0n) is 19.4. The third kappa shape index (κ3) is 7.60. The number of rotatable bonds is 11. The highest BCUT2D eigenvalue weighted by atomic mass is 16.5. The summed E-state index contributed by atoms with van der Waals surface area (Å²) in [5.41, 5.74) is 6.74. The van der Waals surface area contributed by atoms with Crippen LogP contribution in [0, 0.1) is 0 Å². The molecule has 9 heteroatoms. The fraction of sp³-hybridized carbons (Fsp3) is 0.625. The first-order chi connectivity index (χ1) is 16.2. The van der Waals surface area contributed by atoms with Crippen LogP contribution in [0.2, 0.25) is 0 Å². The van der Waals surface area contributed by atoms with Gasteiger partial charge in [-0.1, -0.05) is 6.07 Å². The number of likely N-dealkylation sites (tertiary alicyclic amines) is 1. The van der Waals surface area contributed by atoms with Crippen molar-refractivity contribution in [3.8, 4) is 0 Å². The molecule has 9 nitrogen and oxygen atoms in total. The Morgan fingerprint density at radius 1 is 1.12 bits per heavy atom. The standard InChI is InChI=1S/C24H37N7O2/c25-20-7-13-30(14-8-20)11-1-2-12-31-15-9-23(29-24(31)32)28-22-6-5-19(16-27-22)17-33-18-21-4-3-10-26-21/h5-6,9,15-16,20-21,26H,1-4,7-8,10-14,17-18,25H2,(H,27,28,29,32). The number of unbranched alkanes of at least 4 members (excludes halogenated alkanes) is 1. The number of pyridine rings is 1. The molecule has 4 N–H and O–H groups in total. The molecule has 0 aromatic carbocycles. The van der Waals surface area contributed by atoms with Crippen molar-refractivity contribution in [2.75, 3.05) is 38.1 Å². The third-order valence-corrected chi connectivity index (χ3v) is 6.46. The number of aryl methyl sites for hydroxylation is 1. The first-order valence-electron chi connectivity index (χ1n) is 12.2. The normalized spacial score (nSPS) is 19.7. The smallest absolute Gasteiger partial charge is 0.349 e. The van der Waals surface area contributed by atoms with Gasteiger partial charge in [-0.05, 0) is 82.4 Å². The second kappa shape index (κ2) is 12.2. The lowest BCUT2D eigenvalue weighted by Crippen LogP contribution is -2.40. The summed E-state index contributed by atoms with van der Waals surface area (Å²) < 4.78 is 7.45. The zero-order valence-corrected chi connectivity index (χ0v) is 19.4. The van der Waals surface area contributed by atoms with Crippen molar-refractivity contribution in [3.63, 3.8) is 0 Å². The Bertz CT molecular complexity index is 904. The molecule has 2 aliphatic heterocycles. The lowest BCUT2D eigenvalue weighted by Gasteiger charge is -2.29. The van der Waals surface area contributed by atoms with Crippen molar-refractivity contribution in [3.05, 3.63) is 46.6 Å². The quantitative estimate of drug-likeness (QED) is 0.441. The second-order valence-corrected chi connectivity index (χ2v) is 9.16. The molecule has 33 heavy (non-hydrogen) atoms. The molecule has 0 radical (unpaired) electrons. The SMILES string of the molecule is NC1CCN(CCCCn2ccc(Nc3ccc(COCC4CCCN4)cn3)nc2=O)CC1. The molecule has 2 aliphatic rings. The molecule has 0 spiro atoms. The fourth-order valence-electron chi connectivity index (χ4n) is 4.40. The molecule has 4 heterocycles. The maximum absolute atomic E-state index is 12.4. The van der Waals surface area contributed by atoms with Crippen molar-refractivity contribution >= 4 is 11.6 Å². The molecule has 0 saturated carbocycles. The highest BCUT2D eigenvalue weighted by molar-refractivity contribution is 5.50. The Morgan fingerprint density at radius 2 is 1.97 bits per heavy atom. The van der Waals surface area contributed by atoms with Crippen LogP contribution in [0.15, 0.2) is 35.4 Å². The Balaban J connectivity index is 1.18. The van der Waals surface area contributed by atoms with Crippen LogP contribution in [0.5, 0.6) is 0 Å². The van der Waals surface area contributed by atoms with E-state index in [0.29, 0.717) is 36.9 Å². The molecular weight excluding hydrogens is 418 g/mol. The van der Waals surface area contributed by atoms with Crippen LogP contribution < -0.4 is 22.1 Å². The van der Waals surface area contributed by atoms with Crippen molar-refractivity contribution in [1.29, 1.82) is 0 Å². The highest BCUT2D eigenvalue weighted by Gasteiger charge is 2.15. The van der Waals surface area contributed by atoms with Crippen molar-refractivity contribution < 1.29 is 4.74 Å². The van der Waals surface area contributed by atoms with Crippen LogP contribution in [0.4, 0.5) is 11.6 Å². The minimum atomic E-state index is -0.241. The molecule has 0 aliphatic carbocycles. The van der Waals surface area contributed by atoms with Crippen molar-refractivity contribution in [2.45, 2.75) is 63.8 Å². The van der Waals surface area contributed by atoms with E-state index < -0.39 is 0 Å². The molecule has 1 unspecified atom stereocenters. The number of hydrogen-bond donors (Lipinski definition) is 3. The molecule has 4 rings (SSSR count). The summed E-state index contributed by atoms with van der Waals surface area (Å²) in [5.74, 6) is 1.16. The minimum absolute atomic E-state index is 0.241. The van der Waals surface area contributed by atoms with E-state index in [1.54, 1.807) is 17.0 Å². The number of nitrogens with zero attached hydrogens (tertiary/aromatic N) is 4. The van der Waals surface area contributed by atoms with E-state index in [1.807, 2.05) is 18.2 Å².